The van der Waals surface area contributed by atoms with Crippen LogP contribution < -0.4 is 21.3 Å². The quantitative estimate of drug-likeness (QED) is 0.112. The summed E-state index contributed by atoms with van der Waals surface area (Å²) in [6.45, 7) is 0. The van der Waals surface area contributed by atoms with Crippen LogP contribution in [0.15, 0.2) is 0 Å². The molecule has 0 radical (unpaired) electrons. The van der Waals surface area contributed by atoms with Gasteiger partial charge in [-0.05, 0) is 0 Å². The van der Waals surface area contributed by atoms with Gasteiger partial charge in [0.05, 0.1) is 28.4 Å². The first kappa shape index (κ1) is 37.2. The second-order valence-electron chi connectivity index (χ2n) is 8.06. The minimum Gasteiger partial charge on any atom is -0.467 e. The van der Waals surface area contributed by atoms with Gasteiger partial charge in [-0.15, -0.1) is 0 Å². The smallest absolute Gasteiger partial charge is 0.329 e. The minimum atomic E-state index is -1.16. The molecular formula is C22H32N4O12S4. The summed E-state index contributed by atoms with van der Waals surface area (Å²) >= 11 is 0. The number of rotatable bonds is 4. The van der Waals surface area contributed by atoms with Crippen LogP contribution in [-0.4, -0.2) is 123 Å². The lowest BCUT2D eigenvalue weighted by Crippen LogP contribution is -2.48. The molecule has 4 atom stereocenters. The number of nitrogens with one attached hydrogen (secondary N) is 4. The van der Waals surface area contributed by atoms with E-state index in [2.05, 4.69) is 21.3 Å². The van der Waals surface area contributed by atoms with E-state index >= 15 is 0 Å². The van der Waals surface area contributed by atoms with Gasteiger partial charge < -0.3 is 40.2 Å². The number of ether oxygens (including phenoxy) is 4. The maximum absolute atomic E-state index is 12.5. The van der Waals surface area contributed by atoms with Crippen LogP contribution in [-0.2, 0) is 57.3 Å². The van der Waals surface area contributed by atoms with Crippen molar-refractivity contribution in [1.82, 2.24) is 21.3 Å². The van der Waals surface area contributed by atoms with Crippen molar-refractivity contribution in [3.63, 3.8) is 0 Å². The van der Waals surface area contributed by atoms with E-state index in [1.165, 1.54) is 0 Å². The van der Waals surface area contributed by atoms with Crippen molar-refractivity contribution in [2.24, 2.45) is 0 Å². The lowest BCUT2D eigenvalue weighted by Gasteiger charge is -2.20. The molecule has 4 amide bonds. The summed E-state index contributed by atoms with van der Waals surface area (Å²) in [6.07, 6.45) is -1.44. The average molecular weight is 673 g/mol. The van der Waals surface area contributed by atoms with E-state index in [1.807, 2.05) is 0 Å². The van der Waals surface area contributed by atoms with Gasteiger partial charge in [0.15, 0.2) is 0 Å². The molecule has 1 saturated heterocycles. The third-order valence-electron chi connectivity index (χ3n) is 5.03. The number of amides is 4. The van der Waals surface area contributed by atoms with Crippen LogP contribution in [0, 0.1) is 0 Å². The zero-order chi connectivity index (χ0) is 31.7. The molecule has 0 aromatic rings. The predicted molar refractivity (Wildman–Crippen MR) is 155 cm³/mol. The third kappa shape index (κ3) is 13.9. The molecule has 1 heterocycles. The van der Waals surface area contributed by atoms with E-state index in [4.69, 9.17) is 18.9 Å². The highest BCUT2D eigenvalue weighted by Crippen LogP contribution is 2.25. The molecule has 0 aromatic heterocycles. The highest BCUT2D eigenvalue weighted by molar-refractivity contribution is 8.77. The third-order valence-corrected chi connectivity index (χ3v) is 9.88. The molecule has 0 saturated carbocycles. The van der Waals surface area contributed by atoms with Gasteiger partial charge >= 0.3 is 23.9 Å². The molecule has 0 aromatic carbocycles. The summed E-state index contributed by atoms with van der Waals surface area (Å²) in [4.78, 5) is 98.7. The summed E-state index contributed by atoms with van der Waals surface area (Å²) in [6, 6.07) is -4.64. The van der Waals surface area contributed by atoms with Crippen molar-refractivity contribution in [2.75, 3.05) is 51.5 Å². The molecular weight excluding hydrogens is 641 g/mol. The zero-order valence-corrected chi connectivity index (χ0v) is 26.4. The summed E-state index contributed by atoms with van der Waals surface area (Å²) < 4.78 is 18.8. The van der Waals surface area contributed by atoms with Crippen molar-refractivity contribution < 1.29 is 57.3 Å². The standard InChI is InChI=1S/C22H32N4O12S4/c1-35-19(31)11-7-39-40-8-12(20(32)36-2)25-17(29)6-18(30)26-14(22(34)38-4)10-42-41-9-13(21(33)37-3)24-16(28)5-15(27)23-11/h11-14H,5-10H2,1-4H3,(H,23,27)(H,24,28)(H,25,29)(H,26,30)/t11-,12?,13?,14-/m0/s1. The van der Waals surface area contributed by atoms with Gasteiger partial charge in [0.1, 0.15) is 37.0 Å². The number of carbonyl (C=O) groups excluding carboxylic acids is 8. The lowest BCUT2D eigenvalue weighted by molar-refractivity contribution is -0.146. The normalized spacial score (nSPS) is 24.1. The Labute approximate surface area is 257 Å². The number of esters is 4. The molecule has 0 aliphatic carbocycles. The fraction of sp³-hybridized carbons (Fsp3) is 0.636. The monoisotopic (exact) mass is 672 g/mol. The van der Waals surface area contributed by atoms with Crippen LogP contribution in [0.5, 0.6) is 0 Å². The Morgan fingerprint density at radius 3 is 0.833 bits per heavy atom. The first-order valence-electron chi connectivity index (χ1n) is 11.9. The van der Waals surface area contributed by atoms with Crippen LogP contribution in [0.3, 0.4) is 0 Å². The molecule has 2 unspecified atom stereocenters. The summed E-state index contributed by atoms with van der Waals surface area (Å²) in [5, 5.41) is 9.55. The van der Waals surface area contributed by atoms with E-state index in [1.54, 1.807) is 0 Å². The second kappa shape index (κ2) is 20.1. The number of hydrogen-bond acceptors (Lipinski definition) is 16. The van der Waals surface area contributed by atoms with Crippen molar-refractivity contribution in [2.45, 2.75) is 37.0 Å². The molecule has 1 rings (SSSR count). The van der Waals surface area contributed by atoms with Gasteiger partial charge in [-0.25, -0.2) is 19.2 Å². The minimum absolute atomic E-state index is 0.0392. The van der Waals surface area contributed by atoms with Crippen LogP contribution in [0.25, 0.3) is 0 Å². The van der Waals surface area contributed by atoms with Crippen molar-refractivity contribution in [3.05, 3.63) is 0 Å². The van der Waals surface area contributed by atoms with E-state index < -0.39 is 84.5 Å². The van der Waals surface area contributed by atoms with Crippen molar-refractivity contribution in [3.8, 4) is 0 Å². The lowest BCUT2D eigenvalue weighted by atomic mass is 10.2. The van der Waals surface area contributed by atoms with Crippen LogP contribution >= 0.6 is 43.2 Å². The van der Waals surface area contributed by atoms with Gasteiger partial charge in [0.2, 0.25) is 23.6 Å². The van der Waals surface area contributed by atoms with Crippen molar-refractivity contribution in [1.29, 1.82) is 0 Å². The highest BCUT2D eigenvalue weighted by atomic mass is 33.1. The molecule has 236 valence electrons. The fourth-order valence-corrected chi connectivity index (χ4v) is 7.58. The van der Waals surface area contributed by atoms with Gasteiger partial charge in [-0.2, -0.15) is 0 Å². The van der Waals surface area contributed by atoms with Crippen LogP contribution in [0.4, 0.5) is 0 Å². The summed E-state index contributed by atoms with van der Waals surface area (Å²) in [7, 11) is 8.67. The number of methoxy groups -OCH3 is 4. The molecule has 0 spiro atoms. The topological polar surface area (TPSA) is 222 Å². The molecule has 1 fully saturated rings. The second-order valence-corrected chi connectivity index (χ2v) is 13.2. The van der Waals surface area contributed by atoms with Crippen LogP contribution in [0.2, 0.25) is 0 Å². The number of carbonyl (C=O) groups is 8. The fourth-order valence-electron chi connectivity index (χ4n) is 2.98. The largest absolute Gasteiger partial charge is 0.467 e. The molecule has 4 N–H and O–H groups in total. The summed E-state index contributed by atoms with van der Waals surface area (Å²) in [5.41, 5.74) is 0. The molecule has 16 nitrogen and oxygen atoms in total. The Morgan fingerprint density at radius 2 is 0.667 bits per heavy atom. The first-order chi connectivity index (χ1) is 19.9. The Hall–Kier alpha value is -2.84. The molecule has 0 bridgehead atoms. The van der Waals surface area contributed by atoms with Gasteiger partial charge in [-0.3, -0.25) is 19.2 Å². The van der Waals surface area contributed by atoms with Crippen molar-refractivity contribution >= 4 is 90.7 Å². The molecule has 1 aliphatic heterocycles. The van der Waals surface area contributed by atoms with E-state index in [9.17, 15) is 38.4 Å². The Kier molecular flexibility index (Phi) is 17.8. The maximum atomic E-state index is 12.5. The van der Waals surface area contributed by atoms with E-state index in [0.29, 0.717) is 0 Å². The predicted octanol–water partition coefficient (Wildman–Crippen LogP) is -1.83. The first-order valence-corrected chi connectivity index (χ1v) is 16.9. The Morgan fingerprint density at radius 1 is 0.476 bits per heavy atom. The highest BCUT2D eigenvalue weighted by Gasteiger charge is 2.29. The SMILES string of the molecule is COC(=O)C1CSSC[C@@H](C(=O)OC)NC(=O)CC(=O)NC(C(=O)OC)CSSC[C@@H](C(=O)OC)NC(=O)CC(=O)N1. The Balaban J connectivity index is 3.14. The van der Waals surface area contributed by atoms with E-state index in [0.717, 1.165) is 71.6 Å². The van der Waals surface area contributed by atoms with Gasteiger partial charge in [0.25, 0.3) is 0 Å². The number of hydrogen-bond donors (Lipinski definition) is 4. The molecule has 20 heteroatoms. The molecule has 1 aliphatic rings. The summed E-state index contributed by atoms with van der Waals surface area (Å²) in [5.74, 6) is -6.61. The Bertz CT molecular complexity index is 864. The maximum Gasteiger partial charge on any atom is 0.329 e. The van der Waals surface area contributed by atoms with Gasteiger partial charge in [-0.1, -0.05) is 43.2 Å². The molecule has 42 heavy (non-hydrogen) atoms. The van der Waals surface area contributed by atoms with Gasteiger partial charge in [0, 0.05) is 23.0 Å². The van der Waals surface area contributed by atoms with E-state index in [-0.39, 0.29) is 23.0 Å². The van der Waals surface area contributed by atoms with Crippen LogP contribution in [0.1, 0.15) is 12.8 Å². The average Bonchev–Trinajstić information content (AvgIpc) is 2.96. The zero-order valence-electron chi connectivity index (χ0n) is 23.1.